The van der Waals surface area contributed by atoms with Crippen molar-refractivity contribution in [1.82, 2.24) is 10.7 Å². The molecular weight excluding hydrogens is 314 g/mol. The maximum atomic E-state index is 5.97. The quantitative estimate of drug-likeness (QED) is 0.739. The second-order valence-corrected chi connectivity index (χ2v) is 8.40. The van der Waals surface area contributed by atoms with Gasteiger partial charge in [-0.3, -0.25) is 5.01 Å². The molecular formula is C17H24ClN3S. The first kappa shape index (κ1) is 16.0. The van der Waals surface area contributed by atoms with E-state index >= 15 is 0 Å². The first-order valence-corrected chi connectivity index (χ1v) is 8.73. The van der Waals surface area contributed by atoms with Crippen LogP contribution >= 0.6 is 23.8 Å². The van der Waals surface area contributed by atoms with Crippen molar-refractivity contribution < 1.29 is 0 Å². The Labute approximate surface area is 143 Å². The molecule has 1 aliphatic heterocycles. The van der Waals surface area contributed by atoms with Crippen LogP contribution in [0.2, 0.25) is 5.02 Å². The molecule has 0 bridgehead atoms. The van der Waals surface area contributed by atoms with Gasteiger partial charge in [-0.05, 0) is 73.5 Å². The van der Waals surface area contributed by atoms with Crippen LogP contribution in [-0.2, 0) is 0 Å². The van der Waals surface area contributed by atoms with E-state index in [4.69, 9.17) is 23.8 Å². The lowest BCUT2D eigenvalue weighted by molar-refractivity contribution is 0.115. The Morgan fingerprint density at radius 1 is 1.18 bits per heavy atom. The summed E-state index contributed by atoms with van der Waals surface area (Å²) in [4.78, 5) is 0. The predicted octanol–water partition coefficient (Wildman–Crippen LogP) is 4.47. The fourth-order valence-corrected chi connectivity index (χ4v) is 4.01. The molecule has 120 valence electrons. The average Bonchev–Trinajstić information content (AvgIpc) is 2.76. The van der Waals surface area contributed by atoms with Crippen LogP contribution in [0.5, 0.6) is 0 Å². The molecule has 0 radical (unpaired) electrons. The van der Waals surface area contributed by atoms with Gasteiger partial charge in [0.25, 0.3) is 0 Å². The molecule has 1 saturated carbocycles. The summed E-state index contributed by atoms with van der Waals surface area (Å²) in [5, 5.41) is 6.98. The van der Waals surface area contributed by atoms with Gasteiger partial charge in [-0.2, -0.15) is 0 Å². The second kappa shape index (κ2) is 5.66. The maximum Gasteiger partial charge on any atom is 0.189 e. The van der Waals surface area contributed by atoms with Gasteiger partial charge in [0, 0.05) is 5.02 Å². The smallest absolute Gasteiger partial charge is 0.189 e. The highest BCUT2D eigenvalue weighted by atomic mass is 35.5. The molecule has 1 spiro atoms. The number of benzene rings is 1. The van der Waals surface area contributed by atoms with Crippen molar-refractivity contribution in [1.29, 1.82) is 0 Å². The molecule has 2 fully saturated rings. The van der Waals surface area contributed by atoms with Crippen molar-refractivity contribution in [3.05, 3.63) is 29.3 Å². The summed E-state index contributed by atoms with van der Waals surface area (Å²) in [5.74, 6) is 0.778. The Hall–Kier alpha value is -0.840. The Morgan fingerprint density at radius 2 is 1.77 bits per heavy atom. The van der Waals surface area contributed by atoms with E-state index in [1.54, 1.807) is 0 Å². The Kier molecular flexibility index (Phi) is 4.12. The SMILES string of the molecule is CC(C)(C)C1CCC2(CC1)NC(=S)N(c1ccc(Cl)cc1)N2. The van der Waals surface area contributed by atoms with Gasteiger partial charge in [0.1, 0.15) is 5.66 Å². The fraction of sp³-hybridized carbons (Fsp3) is 0.588. The van der Waals surface area contributed by atoms with Crippen molar-refractivity contribution in [2.75, 3.05) is 5.01 Å². The Balaban J connectivity index is 1.71. The van der Waals surface area contributed by atoms with E-state index in [-0.39, 0.29) is 5.66 Å². The molecule has 2 aliphatic rings. The normalized spacial score (nSPS) is 29.0. The topological polar surface area (TPSA) is 27.3 Å². The van der Waals surface area contributed by atoms with Crippen LogP contribution in [0.15, 0.2) is 24.3 Å². The minimum atomic E-state index is -0.0849. The molecule has 3 rings (SSSR count). The molecule has 1 saturated heterocycles. The highest BCUT2D eigenvalue weighted by Gasteiger charge is 2.44. The zero-order chi connectivity index (χ0) is 16.0. The number of rotatable bonds is 1. The summed E-state index contributed by atoms with van der Waals surface area (Å²) >= 11 is 11.5. The molecule has 5 heteroatoms. The second-order valence-electron chi connectivity index (χ2n) is 7.58. The monoisotopic (exact) mass is 337 g/mol. The Bertz CT molecular complexity index is 556. The standard InChI is InChI=1S/C17H24ClN3S/c1-16(2,3)12-8-10-17(11-9-12)19-15(22)21(20-17)14-6-4-13(18)5-7-14/h4-7,12,20H,8-11H2,1-3H3,(H,19,22). The third-order valence-electron chi connectivity index (χ3n) is 5.02. The molecule has 2 N–H and O–H groups in total. The number of nitrogens with one attached hydrogen (secondary N) is 2. The summed E-state index contributed by atoms with van der Waals surface area (Å²) in [5.41, 5.74) is 4.93. The third kappa shape index (κ3) is 3.10. The third-order valence-corrected chi connectivity index (χ3v) is 5.56. The lowest BCUT2D eigenvalue weighted by atomic mass is 9.70. The molecule has 1 aliphatic carbocycles. The summed E-state index contributed by atoms with van der Waals surface area (Å²) in [6.45, 7) is 7.03. The van der Waals surface area contributed by atoms with Crippen LogP contribution in [0.25, 0.3) is 0 Å². The van der Waals surface area contributed by atoms with Crippen LogP contribution in [0.3, 0.4) is 0 Å². The average molecular weight is 338 g/mol. The molecule has 1 heterocycles. The van der Waals surface area contributed by atoms with E-state index in [0.717, 1.165) is 34.6 Å². The van der Waals surface area contributed by atoms with Gasteiger partial charge in [0.2, 0.25) is 0 Å². The van der Waals surface area contributed by atoms with Crippen LogP contribution < -0.4 is 15.8 Å². The lowest BCUT2D eigenvalue weighted by Crippen LogP contribution is -2.54. The zero-order valence-electron chi connectivity index (χ0n) is 13.4. The summed E-state index contributed by atoms with van der Waals surface area (Å²) in [6, 6.07) is 7.76. The molecule has 0 atom stereocenters. The fourth-order valence-electron chi connectivity index (χ4n) is 3.54. The van der Waals surface area contributed by atoms with Gasteiger partial charge in [-0.15, -0.1) is 0 Å². The van der Waals surface area contributed by atoms with Gasteiger partial charge in [0.15, 0.2) is 5.11 Å². The van der Waals surface area contributed by atoms with Crippen LogP contribution in [0.4, 0.5) is 5.69 Å². The highest BCUT2D eigenvalue weighted by Crippen LogP contribution is 2.42. The molecule has 0 unspecified atom stereocenters. The van der Waals surface area contributed by atoms with Gasteiger partial charge in [0.05, 0.1) is 5.69 Å². The van der Waals surface area contributed by atoms with E-state index in [9.17, 15) is 0 Å². The number of anilines is 1. The van der Waals surface area contributed by atoms with E-state index in [1.807, 2.05) is 29.3 Å². The number of hydrogen-bond acceptors (Lipinski definition) is 2. The maximum absolute atomic E-state index is 5.97. The number of halogens is 1. The molecule has 0 amide bonds. The summed E-state index contributed by atoms with van der Waals surface area (Å²) in [6.07, 6.45) is 4.64. The van der Waals surface area contributed by atoms with Crippen molar-refractivity contribution in [3.63, 3.8) is 0 Å². The van der Waals surface area contributed by atoms with Gasteiger partial charge in [-0.1, -0.05) is 32.4 Å². The number of hydrogen-bond donors (Lipinski definition) is 2. The van der Waals surface area contributed by atoms with Crippen molar-refractivity contribution >= 4 is 34.6 Å². The predicted molar refractivity (Wildman–Crippen MR) is 96.9 cm³/mol. The van der Waals surface area contributed by atoms with Crippen LogP contribution in [-0.4, -0.2) is 10.8 Å². The minimum absolute atomic E-state index is 0.0849. The van der Waals surface area contributed by atoms with Crippen molar-refractivity contribution in [2.45, 2.75) is 52.1 Å². The van der Waals surface area contributed by atoms with E-state index in [1.165, 1.54) is 12.8 Å². The molecule has 0 aromatic heterocycles. The van der Waals surface area contributed by atoms with Crippen molar-refractivity contribution in [2.24, 2.45) is 11.3 Å². The van der Waals surface area contributed by atoms with Gasteiger partial charge in [-0.25, -0.2) is 5.43 Å². The van der Waals surface area contributed by atoms with Crippen LogP contribution in [0, 0.1) is 11.3 Å². The zero-order valence-corrected chi connectivity index (χ0v) is 15.0. The molecule has 3 nitrogen and oxygen atoms in total. The highest BCUT2D eigenvalue weighted by molar-refractivity contribution is 7.80. The number of thiocarbonyl (C=S) groups is 1. The molecule has 1 aromatic carbocycles. The summed E-state index contributed by atoms with van der Waals surface area (Å²) < 4.78 is 0. The molecule has 1 aromatic rings. The first-order chi connectivity index (χ1) is 10.3. The number of nitrogens with zero attached hydrogens (tertiary/aromatic N) is 1. The van der Waals surface area contributed by atoms with E-state index < -0.39 is 0 Å². The minimum Gasteiger partial charge on any atom is -0.342 e. The summed E-state index contributed by atoms with van der Waals surface area (Å²) in [7, 11) is 0. The number of hydrazine groups is 1. The Morgan fingerprint density at radius 3 is 2.32 bits per heavy atom. The first-order valence-electron chi connectivity index (χ1n) is 7.95. The lowest BCUT2D eigenvalue weighted by Gasteiger charge is -2.42. The molecule has 22 heavy (non-hydrogen) atoms. The van der Waals surface area contributed by atoms with Crippen molar-refractivity contribution in [3.8, 4) is 0 Å². The van der Waals surface area contributed by atoms with Crippen LogP contribution in [0.1, 0.15) is 46.5 Å². The van der Waals surface area contributed by atoms with E-state index in [2.05, 4.69) is 31.5 Å². The largest absolute Gasteiger partial charge is 0.342 e. The van der Waals surface area contributed by atoms with Gasteiger partial charge >= 0.3 is 0 Å². The van der Waals surface area contributed by atoms with E-state index in [0.29, 0.717) is 5.41 Å². The van der Waals surface area contributed by atoms with Gasteiger partial charge < -0.3 is 5.32 Å².